The summed E-state index contributed by atoms with van der Waals surface area (Å²) in [6.45, 7) is 9.79. The zero-order valence-electron chi connectivity index (χ0n) is 11.7. The quantitative estimate of drug-likeness (QED) is 0.872. The van der Waals surface area contributed by atoms with Crippen LogP contribution in [0.5, 0.6) is 0 Å². The van der Waals surface area contributed by atoms with Gasteiger partial charge in [-0.3, -0.25) is 4.98 Å². The first-order chi connectivity index (χ1) is 7.83. The van der Waals surface area contributed by atoms with Crippen molar-refractivity contribution in [1.82, 2.24) is 4.98 Å². The number of nitrogens with two attached hydrogens (primary N) is 1. The van der Waals surface area contributed by atoms with Crippen molar-refractivity contribution in [2.24, 2.45) is 11.1 Å². The topological polar surface area (TPSA) is 42.1 Å². The van der Waals surface area contributed by atoms with Gasteiger partial charge in [-0.05, 0) is 24.0 Å². The minimum atomic E-state index is 0.0528. The lowest BCUT2D eigenvalue weighted by atomic mass is 9.96. The zero-order chi connectivity index (χ0) is 13.1. The molecule has 0 aliphatic heterocycles. The third-order valence-corrected chi connectivity index (χ3v) is 2.74. The minimum absolute atomic E-state index is 0.0528. The van der Waals surface area contributed by atoms with Crippen LogP contribution in [0.2, 0.25) is 0 Å². The van der Waals surface area contributed by atoms with Crippen LogP contribution < -0.4 is 10.6 Å². The van der Waals surface area contributed by atoms with Crippen molar-refractivity contribution in [2.45, 2.75) is 40.2 Å². The van der Waals surface area contributed by atoms with Crippen molar-refractivity contribution in [3.05, 3.63) is 24.0 Å². The standard InChI is InChI=1S/C14H25N3/c1-6-12(15)13-8-7-11(9-16-13)17(5)10-14(2,3)4/h7-9,12H,6,10,15H2,1-5H3/t12-/m1/s1. The first-order valence-corrected chi connectivity index (χ1v) is 6.26. The molecule has 1 aromatic rings. The van der Waals surface area contributed by atoms with E-state index in [4.69, 9.17) is 5.73 Å². The van der Waals surface area contributed by atoms with Crippen molar-refractivity contribution in [1.29, 1.82) is 0 Å². The second kappa shape index (κ2) is 5.50. The van der Waals surface area contributed by atoms with E-state index in [1.165, 1.54) is 0 Å². The molecule has 3 nitrogen and oxygen atoms in total. The van der Waals surface area contributed by atoms with E-state index in [1.54, 1.807) is 0 Å². The van der Waals surface area contributed by atoms with Gasteiger partial charge in [0.1, 0.15) is 0 Å². The molecule has 0 saturated heterocycles. The summed E-state index contributed by atoms with van der Waals surface area (Å²) in [6, 6.07) is 4.18. The van der Waals surface area contributed by atoms with Crippen LogP contribution in [0.1, 0.15) is 45.9 Å². The van der Waals surface area contributed by atoms with Crippen molar-refractivity contribution < 1.29 is 0 Å². The van der Waals surface area contributed by atoms with Gasteiger partial charge in [0, 0.05) is 19.6 Å². The van der Waals surface area contributed by atoms with Gasteiger partial charge >= 0.3 is 0 Å². The normalized spacial score (nSPS) is 13.5. The highest BCUT2D eigenvalue weighted by Gasteiger charge is 2.14. The summed E-state index contributed by atoms with van der Waals surface area (Å²) in [4.78, 5) is 6.66. The summed E-state index contributed by atoms with van der Waals surface area (Å²) in [5, 5.41) is 0. The zero-order valence-corrected chi connectivity index (χ0v) is 11.7. The van der Waals surface area contributed by atoms with Gasteiger partial charge in [0.25, 0.3) is 0 Å². The third-order valence-electron chi connectivity index (χ3n) is 2.74. The Morgan fingerprint density at radius 3 is 2.41 bits per heavy atom. The number of rotatable bonds is 4. The lowest BCUT2D eigenvalue weighted by Crippen LogP contribution is -2.29. The molecule has 0 aliphatic carbocycles. The highest BCUT2D eigenvalue weighted by molar-refractivity contribution is 5.44. The molecule has 1 heterocycles. The molecule has 2 N–H and O–H groups in total. The molecular formula is C14H25N3. The van der Waals surface area contributed by atoms with E-state index in [0.717, 1.165) is 24.3 Å². The summed E-state index contributed by atoms with van der Waals surface area (Å²) in [6.07, 6.45) is 2.83. The number of anilines is 1. The average molecular weight is 235 g/mol. The predicted molar refractivity (Wildman–Crippen MR) is 74.2 cm³/mol. The molecule has 0 aromatic carbocycles. The largest absolute Gasteiger partial charge is 0.373 e. The van der Waals surface area contributed by atoms with Gasteiger partial charge in [-0.15, -0.1) is 0 Å². The van der Waals surface area contributed by atoms with Crippen LogP contribution >= 0.6 is 0 Å². The maximum Gasteiger partial charge on any atom is 0.0572 e. The molecule has 3 heteroatoms. The highest BCUT2D eigenvalue weighted by Crippen LogP contribution is 2.20. The van der Waals surface area contributed by atoms with Gasteiger partial charge in [0.05, 0.1) is 17.6 Å². The molecule has 0 bridgehead atoms. The van der Waals surface area contributed by atoms with E-state index in [0.29, 0.717) is 0 Å². The maximum atomic E-state index is 5.95. The summed E-state index contributed by atoms with van der Waals surface area (Å²) in [7, 11) is 2.10. The van der Waals surface area contributed by atoms with Crippen LogP contribution in [-0.4, -0.2) is 18.6 Å². The highest BCUT2D eigenvalue weighted by atomic mass is 15.1. The van der Waals surface area contributed by atoms with E-state index in [2.05, 4.69) is 50.7 Å². The minimum Gasteiger partial charge on any atom is -0.373 e. The van der Waals surface area contributed by atoms with E-state index in [-0.39, 0.29) is 11.5 Å². The molecule has 1 atom stereocenters. The summed E-state index contributed by atoms with van der Waals surface area (Å²) in [5.74, 6) is 0. The molecule has 17 heavy (non-hydrogen) atoms. The van der Waals surface area contributed by atoms with Gasteiger partial charge in [0.15, 0.2) is 0 Å². The van der Waals surface area contributed by atoms with Gasteiger partial charge in [0.2, 0.25) is 0 Å². The van der Waals surface area contributed by atoms with Crippen LogP contribution in [0.3, 0.4) is 0 Å². The summed E-state index contributed by atoms with van der Waals surface area (Å²) < 4.78 is 0. The lowest BCUT2D eigenvalue weighted by molar-refractivity contribution is 0.419. The van der Waals surface area contributed by atoms with Crippen LogP contribution in [0.15, 0.2) is 18.3 Å². The van der Waals surface area contributed by atoms with Crippen LogP contribution in [0, 0.1) is 5.41 Å². The number of aromatic nitrogens is 1. The Kier molecular flexibility index (Phi) is 4.52. The maximum absolute atomic E-state index is 5.95. The molecule has 0 fully saturated rings. The fourth-order valence-corrected chi connectivity index (χ4v) is 1.85. The molecule has 96 valence electrons. The van der Waals surface area contributed by atoms with E-state index in [9.17, 15) is 0 Å². The number of hydrogen-bond acceptors (Lipinski definition) is 3. The molecule has 0 aliphatic rings. The second-order valence-electron chi connectivity index (χ2n) is 5.87. The number of nitrogens with zero attached hydrogens (tertiary/aromatic N) is 2. The Bertz CT molecular complexity index is 337. The summed E-state index contributed by atoms with van der Waals surface area (Å²) in [5.41, 5.74) is 8.35. The van der Waals surface area contributed by atoms with Crippen LogP contribution in [0.4, 0.5) is 5.69 Å². The number of pyridine rings is 1. The van der Waals surface area contributed by atoms with Crippen LogP contribution in [-0.2, 0) is 0 Å². The van der Waals surface area contributed by atoms with Gasteiger partial charge < -0.3 is 10.6 Å². The third kappa shape index (κ3) is 4.35. The molecule has 0 radical (unpaired) electrons. The Morgan fingerprint density at radius 2 is 2.00 bits per heavy atom. The fourth-order valence-electron chi connectivity index (χ4n) is 1.85. The summed E-state index contributed by atoms with van der Waals surface area (Å²) >= 11 is 0. The van der Waals surface area contributed by atoms with Gasteiger partial charge in [-0.2, -0.15) is 0 Å². The van der Waals surface area contributed by atoms with Crippen molar-refractivity contribution in [3.8, 4) is 0 Å². The first kappa shape index (κ1) is 14.0. The molecule has 0 saturated carbocycles. The monoisotopic (exact) mass is 235 g/mol. The van der Waals surface area contributed by atoms with E-state index >= 15 is 0 Å². The molecule has 0 amide bonds. The Balaban J connectivity index is 2.74. The first-order valence-electron chi connectivity index (χ1n) is 6.26. The number of hydrogen-bond donors (Lipinski definition) is 1. The lowest BCUT2D eigenvalue weighted by Gasteiger charge is -2.28. The predicted octanol–water partition coefficient (Wildman–Crippen LogP) is 2.97. The fraction of sp³-hybridized carbons (Fsp3) is 0.643. The molecular weight excluding hydrogens is 210 g/mol. The van der Waals surface area contributed by atoms with E-state index in [1.807, 2.05) is 12.3 Å². The van der Waals surface area contributed by atoms with Crippen LogP contribution in [0.25, 0.3) is 0 Å². The SMILES string of the molecule is CC[C@@H](N)c1ccc(N(C)CC(C)(C)C)cn1. The van der Waals surface area contributed by atoms with Gasteiger partial charge in [-0.25, -0.2) is 0 Å². The molecule has 0 unspecified atom stereocenters. The van der Waals surface area contributed by atoms with Crippen molar-refractivity contribution in [3.63, 3.8) is 0 Å². The molecule has 0 spiro atoms. The van der Waals surface area contributed by atoms with E-state index < -0.39 is 0 Å². The Hall–Kier alpha value is -1.09. The molecule has 1 rings (SSSR count). The smallest absolute Gasteiger partial charge is 0.0572 e. The second-order valence-corrected chi connectivity index (χ2v) is 5.87. The van der Waals surface area contributed by atoms with Crippen molar-refractivity contribution in [2.75, 3.05) is 18.5 Å². The van der Waals surface area contributed by atoms with Gasteiger partial charge in [-0.1, -0.05) is 27.7 Å². The Labute approximate surface area is 105 Å². The molecule has 1 aromatic heterocycles. The van der Waals surface area contributed by atoms with Crippen molar-refractivity contribution >= 4 is 5.69 Å². The Morgan fingerprint density at radius 1 is 1.35 bits per heavy atom. The average Bonchev–Trinajstić information content (AvgIpc) is 2.26.